The van der Waals surface area contributed by atoms with Gasteiger partial charge in [0.2, 0.25) is 5.91 Å². The summed E-state index contributed by atoms with van der Waals surface area (Å²) in [7, 11) is 0. The Morgan fingerprint density at radius 1 is 1.37 bits per heavy atom. The molecule has 19 heavy (non-hydrogen) atoms. The van der Waals surface area contributed by atoms with Crippen molar-refractivity contribution in [3.63, 3.8) is 0 Å². The summed E-state index contributed by atoms with van der Waals surface area (Å²) in [6.07, 6.45) is 3.40. The van der Waals surface area contributed by atoms with E-state index in [0.717, 1.165) is 29.3 Å². The van der Waals surface area contributed by atoms with Gasteiger partial charge in [0.15, 0.2) is 0 Å². The molecule has 0 bridgehead atoms. The lowest BCUT2D eigenvalue weighted by Gasteiger charge is -2.12. The van der Waals surface area contributed by atoms with Crippen LogP contribution in [0.15, 0.2) is 24.3 Å². The van der Waals surface area contributed by atoms with Crippen LogP contribution in [0.2, 0.25) is 0 Å². The first-order valence-corrected chi connectivity index (χ1v) is 6.28. The van der Waals surface area contributed by atoms with E-state index in [2.05, 4.69) is 5.32 Å². The molecule has 0 saturated heterocycles. The Balaban J connectivity index is 2.96. The number of anilines is 1. The minimum Gasteiger partial charge on any atom is -0.478 e. The minimum absolute atomic E-state index is 0.0245. The molecule has 1 rings (SSSR count). The van der Waals surface area contributed by atoms with Crippen molar-refractivity contribution >= 4 is 23.6 Å². The predicted molar refractivity (Wildman–Crippen MR) is 76.0 cm³/mol. The molecule has 0 heterocycles. The van der Waals surface area contributed by atoms with Gasteiger partial charge in [0.1, 0.15) is 0 Å². The number of carbonyl (C=O) groups is 2. The highest BCUT2D eigenvalue weighted by atomic mass is 16.4. The lowest BCUT2D eigenvalue weighted by molar-refractivity contribution is -0.131. The maximum atomic E-state index is 11.7. The van der Waals surface area contributed by atoms with E-state index in [0.29, 0.717) is 0 Å². The van der Waals surface area contributed by atoms with Crippen LogP contribution in [0.5, 0.6) is 0 Å². The van der Waals surface area contributed by atoms with E-state index in [1.54, 1.807) is 12.1 Å². The fourth-order valence-electron chi connectivity index (χ4n) is 1.58. The molecule has 4 nitrogen and oxygen atoms in total. The monoisotopic (exact) mass is 261 g/mol. The number of carboxylic acid groups (broad SMARTS) is 1. The Morgan fingerprint density at radius 3 is 2.58 bits per heavy atom. The summed E-state index contributed by atoms with van der Waals surface area (Å²) in [5, 5.41) is 11.5. The normalized spacial score (nSPS) is 10.9. The molecule has 0 atom stereocenters. The van der Waals surface area contributed by atoms with E-state index < -0.39 is 5.97 Å². The summed E-state index contributed by atoms with van der Waals surface area (Å²) >= 11 is 0. The zero-order chi connectivity index (χ0) is 14.4. The number of aliphatic carboxylic acids is 1. The number of aryl methyl sites for hydroxylation is 1. The lowest BCUT2D eigenvalue weighted by Crippen LogP contribution is -2.18. The number of hydrogen-bond donors (Lipinski definition) is 2. The highest BCUT2D eigenvalue weighted by molar-refractivity contribution is 5.93. The first kappa shape index (κ1) is 15.0. The number of amides is 1. The number of carboxylic acids is 1. The van der Waals surface area contributed by atoms with Crippen molar-refractivity contribution < 1.29 is 14.7 Å². The molecular formula is C15H19NO3. The number of carbonyl (C=O) groups excluding carboxylic acids is 1. The molecular weight excluding hydrogens is 242 g/mol. The highest BCUT2D eigenvalue weighted by Gasteiger charge is 2.09. The third-order valence-electron chi connectivity index (χ3n) is 2.71. The van der Waals surface area contributed by atoms with Crippen LogP contribution in [0.25, 0.3) is 6.08 Å². The van der Waals surface area contributed by atoms with Gasteiger partial charge in [0.05, 0.1) is 0 Å². The van der Waals surface area contributed by atoms with Gasteiger partial charge < -0.3 is 10.4 Å². The maximum absolute atomic E-state index is 11.7. The summed E-state index contributed by atoms with van der Waals surface area (Å²) in [4.78, 5) is 22.1. The standard InChI is InChI=1S/C15H19NO3/c1-4-12-9-11(6-8-14(17)18)5-7-13(12)16-15(19)10(2)3/h5-10H,4H2,1-3H3,(H,16,19)(H,17,18)/b8-6+. The SMILES string of the molecule is CCc1cc(/C=C/C(=O)O)ccc1NC(=O)C(C)C. The van der Waals surface area contributed by atoms with E-state index in [4.69, 9.17) is 5.11 Å². The van der Waals surface area contributed by atoms with Crippen molar-refractivity contribution in [2.24, 2.45) is 5.92 Å². The van der Waals surface area contributed by atoms with Crippen LogP contribution in [-0.4, -0.2) is 17.0 Å². The van der Waals surface area contributed by atoms with Crippen molar-refractivity contribution in [3.8, 4) is 0 Å². The lowest BCUT2D eigenvalue weighted by atomic mass is 10.0. The Morgan fingerprint density at radius 2 is 2.05 bits per heavy atom. The van der Waals surface area contributed by atoms with Crippen LogP contribution in [0.4, 0.5) is 5.69 Å². The molecule has 1 aromatic rings. The van der Waals surface area contributed by atoms with Crippen molar-refractivity contribution in [3.05, 3.63) is 35.4 Å². The Labute approximate surface area is 113 Å². The summed E-state index contributed by atoms with van der Waals surface area (Å²) < 4.78 is 0. The summed E-state index contributed by atoms with van der Waals surface area (Å²) in [6.45, 7) is 5.67. The Bertz CT molecular complexity index is 504. The topological polar surface area (TPSA) is 66.4 Å². The molecule has 1 aromatic carbocycles. The fourth-order valence-corrected chi connectivity index (χ4v) is 1.58. The van der Waals surface area contributed by atoms with Gasteiger partial charge >= 0.3 is 5.97 Å². The average molecular weight is 261 g/mol. The maximum Gasteiger partial charge on any atom is 0.328 e. The molecule has 0 aliphatic rings. The van der Waals surface area contributed by atoms with Crippen LogP contribution in [0, 0.1) is 5.92 Å². The number of benzene rings is 1. The van der Waals surface area contributed by atoms with Gasteiger partial charge in [0.25, 0.3) is 0 Å². The van der Waals surface area contributed by atoms with Crippen LogP contribution in [-0.2, 0) is 16.0 Å². The number of nitrogens with one attached hydrogen (secondary N) is 1. The zero-order valence-corrected chi connectivity index (χ0v) is 11.4. The Kier molecular flexibility index (Phi) is 5.30. The second-order valence-electron chi connectivity index (χ2n) is 4.59. The van der Waals surface area contributed by atoms with Crippen LogP contribution in [0.3, 0.4) is 0 Å². The summed E-state index contributed by atoms with van der Waals surface area (Å²) in [5.74, 6) is -1.07. The van der Waals surface area contributed by atoms with Crippen LogP contribution in [0.1, 0.15) is 31.9 Å². The molecule has 2 N–H and O–H groups in total. The Hall–Kier alpha value is -2.10. The van der Waals surface area contributed by atoms with Crippen molar-refractivity contribution in [1.82, 2.24) is 0 Å². The van der Waals surface area contributed by atoms with Gasteiger partial charge in [-0.15, -0.1) is 0 Å². The zero-order valence-electron chi connectivity index (χ0n) is 11.4. The average Bonchev–Trinajstić information content (AvgIpc) is 2.37. The molecule has 0 fully saturated rings. The molecule has 0 unspecified atom stereocenters. The summed E-state index contributed by atoms with van der Waals surface area (Å²) in [6, 6.07) is 5.48. The number of hydrogen-bond acceptors (Lipinski definition) is 2. The van der Waals surface area contributed by atoms with Gasteiger partial charge in [-0.05, 0) is 35.8 Å². The van der Waals surface area contributed by atoms with Crippen LogP contribution < -0.4 is 5.32 Å². The molecule has 0 spiro atoms. The highest BCUT2D eigenvalue weighted by Crippen LogP contribution is 2.20. The van der Waals surface area contributed by atoms with Crippen molar-refractivity contribution in [2.45, 2.75) is 27.2 Å². The summed E-state index contributed by atoms with van der Waals surface area (Å²) in [5.41, 5.74) is 2.58. The predicted octanol–water partition coefficient (Wildman–Crippen LogP) is 2.94. The van der Waals surface area contributed by atoms with Crippen molar-refractivity contribution in [2.75, 3.05) is 5.32 Å². The van der Waals surface area contributed by atoms with Gasteiger partial charge in [-0.2, -0.15) is 0 Å². The van der Waals surface area contributed by atoms with Crippen LogP contribution >= 0.6 is 0 Å². The van der Waals surface area contributed by atoms with E-state index in [1.807, 2.05) is 26.8 Å². The van der Waals surface area contributed by atoms with E-state index >= 15 is 0 Å². The molecule has 0 aliphatic carbocycles. The van der Waals surface area contributed by atoms with E-state index in [1.165, 1.54) is 6.08 Å². The van der Waals surface area contributed by atoms with E-state index in [9.17, 15) is 9.59 Å². The fraction of sp³-hybridized carbons (Fsp3) is 0.333. The first-order chi connectivity index (χ1) is 8.93. The third kappa shape index (κ3) is 4.58. The molecule has 0 aromatic heterocycles. The quantitative estimate of drug-likeness (QED) is 0.801. The molecule has 102 valence electrons. The van der Waals surface area contributed by atoms with Gasteiger partial charge in [0, 0.05) is 17.7 Å². The molecule has 0 radical (unpaired) electrons. The second-order valence-corrected chi connectivity index (χ2v) is 4.59. The second kappa shape index (κ2) is 6.73. The third-order valence-corrected chi connectivity index (χ3v) is 2.71. The largest absolute Gasteiger partial charge is 0.478 e. The van der Waals surface area contributed by atoms with E-state index in [-0.39, 0.29) is 11.8 Å². The molecule has 0 aliphatic heterocycles. The van der Waals surface area contributed by atoms with Gasteiger partial charge in [-0.1, -0.05) is 26.8 Å². The molecule has 1 amide bonds. The van der Waals surface area contributed by atoms with Gasteiger partial charge in [-0.3, -0.25) is 4.79 Å². The van der Waals surface area contributed by atoms with Crippen molar-refractivity contribution in [1.29, 1.82) is 0 Å². The first-order valence-electron chi connectivity index (χ1n) is 6.28. The van der Waals surface area contributed by atoms with Gasteiger partial charge in [-0.25, -0.2) is 4.79 Å². The minimum atomic E-state index is -0.977. The smallest absolute Gasteiger partial charge is 0.328 e. The molecule has 0 saturated carbocycles. The number of rotatable bonds is 5. The molecule has 4 heteroatoms.